The summed E-state index contributed by atoms with van der Waals surface area (Å²) in [5, 5.41) is 13.8. The minimum Gasteiger partial charge on any atom is -0.485 e. The van der Waals surface area contributed by atoms with Gasteiger partial charge in [0.2, 0.25) is 0 Å². The number of anilines is 1. The molecular weight excluding hydrogens is 470 g/mol. The van der Waals surface area contributed by atoms with Crippen LogP contribution in [0, 0.1) is 0 Å². The molecule has 0 bridgehead atoms. The van der Waals surface area contributed by atoms with Crippen molar-refractivity contribution in [2.45, 2.75) is 12.3 Å². The van der Waals surface area contributed by atoms with Crippen LogP contribution in [-0.2, 0) is 14.4 Å². The smallest absolute Gasteiger partial charge is 0.304 e. The molecule has 8 nitrogen and oxygen atoms in total. The molecule has 1 atom stereocenters. The van der Waals surface area contributed by atoms with E-state index >= 15 is 0 Å². The number of carbonyl (C=O) groups excluding carboxylic acids is 2. The lowest BCUT2D eigenvalue weighted by Crippen LogP contribution is -2.28. The number of ether oxygens (including phenoxy) is 1. The van der Waals surface area contributed by atoms with E-state index in [9.17, 15) is 19.5 Å². The number of aromatic amines is 1. The van der Waals surface area contributed by atoms with Gasteiger partial charge in [-0.15, -0.1) is 0 Å². The summed E-state index contributed by atoms with van der Waals surface area (Å²) in [7, 11) is 0. The van der Waals surface area contributed by atoms with E-state index in [1.54, 1.807) is 24.4 Å². The maximum Gasteiger partial charge on any atom is 0.304 e. The minimum absolute atomic E-state index is 0.0507. The topological polar surface area (TPSA) is 121 Å². The number of benzene rings is 3. The third kappa shape index (κ3) is 5.33. The summed E-state index contributed by atoms with van der Waals surface area (Å²) in [4.78, 5) is 43.8. The maximum atomic E-state index is 12.4. The Hall–Kier alpha value is -4.98. The second-order valence-electron chi connectivity index (χ2n) is 8.57. The van der Waals surface area contributed by atoms with Gasteiger partial charge in [0.1, 0.15) is 11.6 Å². The Morgan fingerprint density at radius 2 is 1.73 bits per heavy atom. The van der Waals surface area contributed by atoms with Crippen LogP contribution in [-0.4, -0.2) is 39.3 Å². The fourth-order valence-corrected chi connectivity index (χ4v) is 4.31. The zero-order chi connectivity index (χ0) is 25.8. The summed E-state index contributed by atoms with van der Waals surface area (Å²) in [5.41, 5.74) is 3.20. The lowest BCUT2D eigenvalue weighted by atomic mass is 9.88. The highest BCUT2D eigenvalue weighted by Gasteiger charge is 2.21. The number of hydrogen-bond acceptors (Lipinski definition) is 5. The van der Waals surface area contributed by atoms with Gasteiger partial charge in [0.25, 0.3) is 11.7 Å². The van der Waals surface area contributed by atoms with Gasteiger partial charge in [-0.25, -0.2) is 4.98 Å². The second-order valence-corrected chi connectivity index (χ2v) is 8.57. The standard InChI is InChI=1S/C29H23N3O5/c33-26(29(36)32-27-13-10-19-8-4-5-9-24(19)31-27)17-37-20-11-12-21-23(16-30-25(21)14-20)22(15-28(34)35)18-6-2-1-3-7-18/h1-14,16,22,30H,15,17H2,(H,34,35)(H,31,32,36). The second kappa shape index (κ2) is 10.3. The van der Waals surface area contributed by atoms with Gasteiger partial charge in [0.15, 0.2) is 6.61 Å². The predicted molar refractivity (Wildman–Crippen MR) is 140 cm³/mol. The van der Waals surface area contributed by atoms with Crippen molar-refractivity contribution in [1.29, 1.82) is 0 Å². The lowest BCUT2D eigenvalue weighted by Gasteiger charge is -2.15. The average Bonchev–Trinajstić information content (AvgIpc) is 3.33. The highest BCUT2D eigenvalue weighted by molar-refractivity contribution is 6.41. The van der Waals surface area contributed by atoms with Gasteiger partial charge < -0.3 is 20.1 Å². The molecule has 5 aromatic rings. The average molecular weight is 494 g/mol. The Kier molecular flexibility index (Phi) is 6.63. The Balaban J connectivity index is 1.27. The van der Waals surface area contributed by atoms with Crippen LogP contribution < -0.4 is 10.1 Å². The van der Waals surface area contributed by atoms with Crippen LogP contribution >= 0.6 is 0 Å². The Labute approximate surface area is 211 Å². The third-order valence-corrected chi connectivity index (χ3v) is 6.10. The molecule has 0 saturated heterocycles. The summed E-state index contributed by atoms with van der Waals surface area (Å²) in [6.45, 7) is -0.440. The molecule has 2 heterocycles. The van der Waals surface area contributed by atoms with Crippen molar-refractivity contribution in [2.75, 3.05) is 11.9 Å². The first-order chi connectivity index (χ1) is 18.0. The number of nitrogens with one attached hydrogen (secondary N) is 2. The molecule has 5 rings (SSSR count). The van der Waals surface area contributed by atoms with Gasteiger partial charge in [-0.3, -0.25) is 14.4 Å². The number of para-hydroxylation sites is 1. The molecule has 3 aromatic carbocycles. The van der Waals surface area contributed by atoms with Gasteiger partial charge in [-0.2, -0.15) is 0 Å². The fourth-order valence-electron chi connectivity index (χ4n) is 4.31. The number of Topliss-reactive ketones (excluding diaryl/α,β-unsaturated/α-hetero) is 1. The number of rotatable bonds is 9. The van der Waals surface area contributed by atoms with Crippen molar-refractivity contribution < 1.29 is 24.2 Å². The first kappa shape index (κ1) is 23.7. The molecular formula is C29H23N3O5. The molecule has 1 amide bonds. The van der Waals surface area contributed by atoms with Crippen LogP contribution in [0.25, 0.3) is 21.8 Å². The summed E-state index contributed by atoms with van der Waals surface area (Å²) in [6, 6.07) is 25.6. The van der Waals surface area contributed by atoms with E-state index in [1.807, 2.05) is 66.7 Å². The normalized spacial score (nSPS) is 11.8. The molecule has 2 aromatic heterocycles. The molecule has 0 spiro atoms. The van der Waals surface area contributed by atoms with Crippen molar-refractivity contribution in [3.8, 4) is 5.75 Å². The highest BCUT2D eigenvalue weighted by atomic mass is 16.5. The molecule has 1 unspecified atom stereocenters. The lowest BCUT2D eigenvalue weighted by molar-refractivity contribution is -0.137. The van der Waals surface area contributed by atoms with E-state index < -0.39 is 24.3 Å². The monoisotopic (exact) mass is 493 g/mol. The zero-order valence-corrected chi connectivity index (χ0v) is 19.7. The van der Waals surface area contributed by atoms with E-state index in [1.165, 1.54) is 0 Å². The number of aliphatic carboxylic acids is 1. The maximum absolute atomic E-state index is 12.4. The van der Waals surface area contributed by atoms with E-state index in [0.29, 0.717) is 11.3 Å². The van der Waals surface area contributed by atoms with E-state index in [0.717, 1.165) is 27.4 Å². The van der Waals surface area contributed by atoms with Crippen LogP contribution in [0.15, 0.2) is 91.1 Å². The molecule has 0 saturated carbocycles. The molecule has 0 aliphatic rings. The van der Waals surface area contributed by atoms with Crippen LogP contribution in [0.4, 0.5) is 5.82 Å². The number of pyridine rings is 1. The molecule has 0 fully saturated rings. The zero-order valence-electron chi connectivity index (χ0n) is 19.7. The minimum atomic E-state index is -0.890. The SMILES string of the molecule is O=C(O)CC(c1ccccc1)c1c[nH]c2cc(OCC(=O)C(=O)Nc3ccc4ccccc4n3)ccc12. The Bertz CT molecular complexity index is 1610. The summed E-state index contributed by atoms with van der Waals surface area (Å²) in [6.07, 6.45) is 1.75. The molecule has 37 heavy (non-hydrogen) atoms. The van der Waals surface area contributed by atoms with E-state index in [2.05, 4.69) is 15.3 Å². The molecule has 0 aliphatic carbocycles. The number of amides is 1. The summed E-state index contributed by atoms with van der Waals surface area (Å²) < 4.78 is 5.58. The van der Waals surface area contributed by atoms with Crippen molar-refractivity contribution in [3.05, 3.63) is 102 Å². The van der Waals surface area contributed by atoms with Crippen LogP contribution in [0.1, 0.15) is 23.5 Å². The first-order valence-corrected chi connectivity index (χ1v) is 11.7. The molecule has 0 radical (unpaired) electrons. The van der Waals surface area contributed by atoms with Crippen molar-refractivity contribution in [2.24, 2.45) is 0 Å². The van der Waals surface area contributed by atoms with Gasteiger partial charge in [0.05, 0.1) is 11.9 Å². The Morgan fingerprint density at radius 3 is 2.54 bits per heavy atom. The molecule has 184 valence electrons. The fraction of sp³-hybridized carbons (Fsp3) is 0.103. The molecule has 3 N–H and O–H groups in total. The number of H-pyrrole nitrogens is 1. The van der Waals surface area contributed by atoms with Crippen molar-refractivity contribution >= 4 is 45.3 Å². The third-order valence-electron chi connectivity index (χ3n) is 6.10. The van der Waals surface area contributed by atoms with Gasteiger partial charge in [0, 0.05) is 34.5 Å². The number of hydrogen-bond donors (Lipinski definition) is 3. The van der Waals surface area contributed by atoms with Crippen LogP contribution in [0.5, 0.6) is 5.75 Å². The Morgan fingerprint density at radius 1 is 0.946 bits per heavy atom. The van der Waals surface area contributed by atoms with Crippen LogP contribution in [0.2, 0.25) is 0 Å². The largest absolute Gasteiger partial charge is 0.485 e. The van der Waals surface area contributed by atoms with E-state index in [4.69, 9.17) is 4.74 Å². The highest BCUT2D eigenvalue weighted by Crippen LogP contribution is 2.34. The number of fused-ring (bicyclic) bond motifs is 2. The van der Waals surface area contributed by atoms with Crippen molar-refractivity contribution in [3.63, 3.8) is 0 Å². The molecule has 0 aliphatic heterocycles. The van der Waals surface area contributed by atoms with Gasteiger partial charge in [-0.1, -0.05) is 48.5 Å². The van der Waals surface area contributed by atoms with E-state index in [-0.39, 0.29) is 18.2 Å². The van der Waals surface area contributed by atoms with Crippen molar-refractivity contribution in [1.82, 2.24) is 9.97 Å². The molecule has 8 heteroatoms. The van der Waals surface area contributed by atoms with Gasteiger partial charge in [-0.05, 0) is 41.5 Å². The summed E-state index contributed by atoms with van der Waals surface area (Å²) >= 11 is 0. The first-order valence-electron chi connectivity index (χ1n) is 11.7. The predicted octanol–water partition coefficient (Wildman–Crippen LogP) is 4.91. The number of carbonyl (C=O) groups is 3. The quantitative estimate of drug-likeness (QED) is 0.251. The number of carboxylic acids is 1. The van der Waals surface area contributed by atoms with Crippen LogP contribution in [0.3, 0.4) is 0 Å². The number of carboxylic acid groups (broad SMARTS) is 1. The van der Waals surface area contributed by atoms with Gasteiger partial charge >= 0.3 is 5.97 Å². The number of nitrogens with zero attached hydrogens (tertiary/aromatic N) is 1. The number of ketones is 1. The number of aromatic nitrogens is 2. The summed E-state index contributed by atoms with van der Waals surface area (Å²) in [5.74, 6) is -2.09.